The van der Waals surface area contributed by atoms with Gasteiger partial charge in [-0.05, 0) is 42.3 Å². The van der Waals surface area contributed by atoms with Gasteiger partial charge in [-0.1, -0.05) is 23.7 Å². The second kappa shape index (κ2) is 6.27. The summed E-state index contributed by atoms with van der Waals surface area (Å²) in [6.45, 7) is 4.11. The van der Waals surface area contributed by atoms with Crippen molar-refractivity contribution in [1.29, 1.82) is 0 Å². The number of anilines is 1. The summed E-state index contributed by atoms with van der Waals surface area (Å²) in [5.41, 5.74) is 3.52. The van der Waals surface area contributed by atoms with E-state index < -0.39 is 0 Å². The van der Waals surface area contributed by atoms with Crippen LogP contribution in [0, 0.1) is 0 Å². The first-order valence-corrected chi connectivity index (χ1v) is 7.55. The van der Waals surface area contributed by atoms with E-state index in [-0.39, 0.29) is 0 Å². The number of benzene rings is 2. The molecule has 0 fully saturated rings. The summed E-state index contributed by atoms with van der Waals surface area (Å²) in [5.74, 6) is 1.74. The fraction of sp³-hybridized carbons (Fsp3) is 0.294. The van der Waals surface area contributed by atoms with Crippen LogP contribution in [-0.2, 0) is 13.0 Å². The van der Waals surface area contributed by atoms with E-state index in [0.717, 1.165) is 36.8 Å². The van der Waals surface area contributed by atoms with Gasteiger partial charge in [0.2, 0.25) is 0 Å². The van der Waals surface area contributed by atoms with E-state index >= 15 is 0 Å². The van der Waals surface area contributed by atoms with Gasteiger partial charge < -0.3 is 14.8 Å². The smallest absolute Gasteiger partial charge is 0.138 e. The molecule has 0 bridgehead atoms. The molecule has 1 aliphatic heterocycles. The third-order valence-electron chi connectivity index (χ3n) is 3.48. The SMILES string of the molecule is CCOc1ccc(NCc2ccc3c(c2)CCO3)cc1Cl. The first-order chi connectivity index (χ1) is 10.3. The molecule has 4 heteroatoms. The molecule has 0 radical (unpaired) electrons. The van der Waals surface area contributed by atoms with E-state index in [1.54, 1.807) is 0 Å². The van der Waals surface area contributed by atoms with Gasteiger partial charge in [0.15, 0.2) is 0 Å². The Labute approximate surface area is 129 Å². The molecular formula is C17H18ClNO2. The van der Waals surface area contributed by atoms with Crippen LogP contribution in [0.4, 0.5) is 5.69 Å². The average molecular weight is 304 g/mol. The second-order valence-corrected chi connectivity index (χ2v) is 5.38. The van der Waals surface area contributed by atoms with Crippen LogP contribution in [0.3, 0.4) is 0 Å². The fourth-order valence-corrected chi connectivity index (χ4v) is 2.67. The van der Waals surface area contributed by atoms with Gasteiger partial charge in [-0.2, -0.15) is 0 Å². The van der Waals surface area contributed by atoms with Gasteiger partial charge in [0.25, 0.3) is 0 Å². The highest BCUT2D eigenvalue weighted by Gasteiger charge is 2.11. The molecule has 0 amide bonds. The van der Waals surface area contributed by atoms with Crippen LogP contribution in [0.25, 0.3) is 0 Å². The molecule has 0 atom stereocenters. The van der Waals surface area contributed by atoms with Gasteiger partial charge in [0.05, 0.1) is 18.2 Å². The van der Waals surface area contributed by atoms with Gasteiger partial charge in [0.1, 0.15) is 11.5 Å². The minimum Gasteiger partial charge on any atom is -0.493 e. The fourth-order valence-electron chi connectivity index (χ4n) is 2.44. The number of hydrogen-bond acceptors (Lipinski definition) is 3. The normalized spacial score (nSPS) is 12.7. The summed E-state index contributed by atoms with van der Waals surface area (Å²) >= 11 is 6.19. The van der Waals surface area contributed by atoms with Gasteiger partial charge in [-0.3, -0.25) is 0 Å². The Hall–Kier alpha value is -1.87. The zero-order valence-corrected chi connectivity index (χ0v) is 12.7. The lowest BCUT2D eigenvalue weighted by Crippen LogP contribution is -2.00. The first-order valence-electron chi connectivity index (χ1n) is 7.17. The summed E-state index contributed by atoms with van der Waals surface area (Å²) in [5, 5.41) is 4.01. The Bertz CT molecular complexity index is 643. The molecule has 0 unspecified atom stereocenters. The van der Waals surface area contributed by atoms with E-state index in [9.17, 15) is 0 Å². The van der Waals surface area contributed by atoms with E-state index in [1.807, 2.05) is 31.2 Å². The molecule has 0 aliphatic carbocycles. The predicted octanol–water partition coefficient (Wildman–Crippen LogP) is 4.29. The lowest BCUT2D eigenvalue weighted by atomic mass is 10.1. The molecular weight excluding hydrogens is 286 g/mol. The molecule has 0 saturated heterocycles. The maximum absolute atomic E-state index is 6.19. The van der Waals surface area contributed by atoms with Gasteiger partial charge in [0, 0.05) is 18.7 Å². The summed E-state index contributed by atoms with van der Waals surface area (Å²) in [6.07, 6.45) is 0.998. The second-order valence-electron chi connectivity index (χ2n) is 4.97. The predicted molar refractivity (Wildman–Crippen MR) is 85.6 cm³/mol. The van der Waals surface area contributed by atoms with E-state index in [0.29, 0.717) is 11.6 Å². The number of halogens is 1. The maximum Gasteiger partial charge on any atom is 0.138 e. The Kier molecular flexibility index (Phi) is 4.20. The molecule has 1 heterocycles. The third-order valence-corrected chi connectivity index (χ3v) is 3.78. The van der Waals surface area contributed by atoms with Crippen molar-refractivity contribution in [1.82, 2.24) is 0 Å². The standard InChI is InChI=1S/C17H18ClNO2/c1-2-20-17-6-4-14(10-15(17)18)19-11-12-3-5-16-13(9-12)7-8-21-16/h3-6,9-10,19H,2,7-8,11H2,1H3. The van der Waals surface area contributed by atoms with Crippen molar-refractivity contribution in [3.05, 3.63) is 52.5 Å². The molecule has 1 N–H and O–H groups in total. The zero-order chi connectivity index (χ0) is 14.7. The van der Waals surface area contributed by atoms with E-state index in [2.05, 4.69) is 17.4 Å². The van der Waals surface area contributed by atoms with Crippen molar-refractivity contribution >= 4 is 17.3 Å². The van der Waals surface area contributed by atoms with Gasteiger partial charge >= 0.3 is 0 Å². The van der Waals surface area contributed by atoms with Crippen molar-refractivity contribution in [3.8, 4) is 11.5 Å². The van der Waals surface area contributed by atoms with E-state index in [1.165, 1.54) is 11.1 Å². The van der Waals surface area contributed by atoms with Crippen LogP contribution < -0.4 is 14.8 Å². The topological polar surface area (TPSA) is 30.5 Å². The molecule has 21 heavy (non-hydrogen) atoms. The van der Waals surface area contributed by atoms with Crippen LogP contribution in [0.15, 0.2) is 36.4 Å². The van der Waals surface area contributed by atoms with Crippen molar-refractivity contribution in [2.24, 2.45) is 0 Å². The van der Waals surface area contributed by atoms with Crippen LogP contribution in [0.1, 0.15) is 18.1 Å². The highest BCUT2D eigenvalue weighted by atomic mass is 35.5. The van der Waals surface area contributed by atoms with Crippen molar-refractivity contribution < 1.29 is 9.47 Å². The molecule has 2 aromatic rings. The summed E-state index contributed by atoms with van der Waals surface area (Å²) in [4.78, 5) is 0. The Morgan fingerprint density at radius 3 is 2.95 bits per heavy atom. The number of hydrogen-bond donors (Lipinski definition) is 1. The number of rotatable bonds is 5. The largest absolute Gasteiger partial charge is 0.493 e. The van der Waals surface area contributed by atoms with E-state index in [4.69, 9.17) is 21.1 Å². The van der Waals surface area contributed by atoms with Gasteiger partial charge in [-0.25, -0.2) is 0 Å². The van der Waals surface area contributed by atoms with Crippen molar-refractivity contribution in [2.75, 3.05) is 18.5 Å². The van der Waals surface area contributed by atoms with Gasteiger partial charge in [-0.15, -0.1) is 0 Å². The highest BCUT2D eigenvalue weighted by molar-refractivity contribution is 6.32. The maximum atomic E-state index is 6.19. The summed E-state index contributed by atoms with van der Waals surface area (Å²) in [6, 6.07) is 12.1. The molecule has 1 aliphatic rings. The molecule has 2 aromatic carbocycles. The Morgan fingerprint density at radius 1 is 1.24 bits per heavy atom. The van der Waals surface area contributed by atoms with Crippen LogP contribution in [0.2, 0.25) is 5.02 Å². The minimum atomic E-state index is 0.615. The van der Waals surface area contributed by atoms with Crippen LogP contribution >= 0.6 is 11.6 Å². The third kappa shape index (κ3) is 3.24. The average Bonchev–Trinajstić information content (AvgIpc) is 2.95. The quantitative estimate of drug-likeness (QED) is 0.894. The van der Waals surface area contributed by atoms with Crippen LogP contribution in [-0.4, -0.2) is 13.2 Å². The lowest BCUT2D eigenvalue weighted by molar-refractivity contribution is 0.340. The Balaban J connectivity index is 1.66. The molecule has 0 aromatic heterocycles. The lowest BCUT2D eigenvalue weighted by Gasteiger charge is -2.10. The number of ether oxygens (including phenoxy) is 2. The number of fused-ring (bicyclic) bond motifs is 1. The molecule has 0 saturated carbocycles. The molecule has 3 rings (SSSR count). The van der Waals surface area contributed by atoms with Crippen LogP contribution in [0.5, 0.6) is 11.5 Å². The Morgan fingerprint density at radius 2 is 2.14 bits per heavy atom. The molecule has 110 valence electrons. The zero-order valence-electron chi connectivity index (χ0n) is 12.0. The monoisotopic (exact) mass is 303 g/mol. The van der Waals surface area contributed by atoms with Crippen molar-refractivity contribution in [2.45, 2.75) is 19.9 Å². The van der Waals surface area contributed by atoms with Crippen molar-refractivity contribution in [3.63, 3.8) is 0 Å². The minimum absolute atomic E-state index is 0.615. The number of nitrogens with one attached hydrogen (secondary N) is 1. The summed E-state index contributed by atoms with van der Waals surface area (Å²) < 4.78 is 10.9. The first kappa shape index (κ1) is 14.1. The highest BCUT2D eigenvalue weighted by Crippen LogP contribution is 2.29. The molecule has 0 spiro atoms. The summed E-state index contributed by atoms with van der Waals surface area (Å²) in [7, 11) is 0. The molecule has 3 nitrogen and oxygen atoms in total.